The van der Waals surface area contributed by atoms with Crippen LogP contribution in [0, 0.1) is 6.92 Å². The van der Waals surface area contributed by atoms with Crippen LogP contribution < -0.4 is 4.74 Å². The second kappa shape index (κ2) is 2.30. The normalized spacial score (nSPS) is 13.9. The Balaban J connectivity index is 2.54. The number of hydrogen-bond acceptors (Lipinski definition) is 4. The fourth-order valence-corrected chi connectivity index (χ4v) is 0.892. The molecule has 0 fully saturated rings. The highest BCUT2D eigenvalue weighted by Crippen LogP contribution is 2.25. The van der Waals surface area contributed by atoms with Gasteiger partial charge in [0.15, 0.2) is 11.6 Å². The van der Waals surface area contributed by atoms with Crippen molar-refractivity contribution in [2.24, 2.45) is 4.99 Å². The molecule has 2 heterocycles. The fourth-order valence-electron chi connectivity index (χ4n) is 0.892. The van der Waals surface area contributed by atoms with Gasteiger partial charge in [0, 0.05) is 6.21 Å². The first kappa shape index (κ1) is 6.27. The van der Waals surface area contributed by atoms with E-state index in [9.17, 15) is 0 Å². The van der Waals surface area contributed by atoms with E-state index in [-0.39, 0.29) is 0 Å². The van der Waals surface area contributed by atoms with Crippen molar-refractivity contribution >= 4 is 12.0 Å². The SMILES string of the molecule is Cc1ncc2c(n1)N=CCO2. The van der Waals surface area contributed by atoms with Crippen molar-refractivity contribution in [2.45, 2.75) is 6.92 Å². The van der Waals surface area contributed by atoms with Gasteiger partial charge in [-0.1, -0.05) is 0 Å². The molecule has 0 saturated heterocycles. The highest BCUT2D eigenvalue weighted by molar-refractivity contribution is 5.68. The maximum Gasteiger partial charge on any atom is 0.198 e. The second-order valence-corrected chi connectivity index (χ2v) is 2.23. The Morgan fingerprint density at radius 1 is 1.55 bits per heavy atom. The van der Waals surface area contributed by atoms with E-state index in [0.29, 0.717) is 24.0 Å². The number of rotatable bonds is 0. The molecule has 1 aromatic rings. The Kier molecular flexibility index (Phi) is 1.31. The molecule has 1 aromatic heterocycles. The van der Waals surface area contributed by atoms with Crippen LogP contribution in [0.2, 0.25) is 0 Å². The molecule has 0 radical (unpaired) electrons. The van der Waals surface area contributed by atoms with Crippen molar-refractivity contribution in [2.75, 3.05) is 6.61 Å². The van der Waals surface area contributed by atoms with Crippen LogP contribution in [0.1, 0.15) is 5.82 Å². The molecule has 1 aliphatic rings. The van der Waals surface area contributed by atoms with Gasteiger partial charge in [0.2, 0.25) is 0 Å². The van der Waals surface area contributed by atoms with Crippen LogP contribution in [0.15, 0.2) is 11.2 Å². The van der Waals surface area contributed by atoms with Gasteiger partial charge in [0.25, 0.3) is 0 Å². The van der Waals surface area contributed by atoms with Crippen LogP contribution in [0.4, 0.5) is 5.82 Å². The fraction of sp³-hybridized carbons (Fsp3) is 0.286. The monoisotopic (exact) mass is 149 g/mol. The molecule has 0 N–H and O–H groups in total. The van der Waals surface area contributed by atoms with Crippen molar-refractivity contribution < 1.29 is 4.74 Å². The van der Waals surface area contributed by atoms with E-state index >= 15 is 0 Å². The molecule has 0 aliphatic carbocycles. The van der Waals surface area contributed by atoms with Crippen LogP contribution in [0.25, 0.3) is 0 Å². The van der Waals surface area contributed by atoms with E-state index in [1.807, 2.05) is 6.92 Å². The molecule has 2 rings (SSSR count). The summed E-state index contributed by atoms with van der Waals surface area (Å²) in [6, 6.07) is 0. The summed E-state index contributed by atoms with van der Waals surface area (Å²) in [5.74, 6) is 2.01. The lowest BCUT2D eigenvalue weighted by atomic mass is 10.5. The van der Waals surface area contributed by atoms with Crippen LogP contribution in [-0.2, 0) is 0 Å². The van der Waals surface area contributed by atoms with Crippen molar-refractivity contribution in [1.82, 2.24) is 9.97 Å². The molecule has 4 heteroatoms. The van der Waals surface area contributed by atoms with Gasteiger partial charge < -0.3 is 4.74 Å². The molecule has 0 spiro atoms. The minimum Gasteiger partial charge on any atom is -0.482 e. The molecule has 4 nitrogen and oxygen atoms in total. The Morgan fingerprint density at radius 3 is 3.36 bits per heavy atom. The summed E-state index contributed by atoms with van der Waals surface area (Å²) in [4.78, 5) is 12.1. The topological polar surface area (TPSA) is 47.4 Å². The maximum absolute atomic E-state index is 5.20. The van der Waals surface area contributed by atoms with Crippen molar-refractivity contribution in [3.63, 3.8) is 0 Å². The van der Waals surface area contributed by atoms with Gasteiger partial charge in [-0.3, -0.25) is 0 Å². The summed E-state index contributed by atoms with van der Waals surface area (Å²) in [5, 5.41) is 0. The Bertz CT molecular complexity index is 309. The molecule has 11 heavy (non-hydrogen) atoms. The molecule has 1 aliphatic heterocycles. The van der Waals surface area contributed by atoms with Gasteiger partial charge in [-0.15, -0.1) is 0 Å². The average molecular weight is 149 g/mol. The van der Waals surface area contributed by atoms with Gasteiger partial charge in [0.1, 0.15) is 12.4 Å². The smallest absolute Gasteiger partial charge is 0.198 e. The van der Waals surface area contributed by atoms with E-state index in [1.54, 1.807) is 12.4 Å². The molecular weight excluding hydrogens is 142 g/mol. The van der Waals surface area contributed by atoms with Crippen LogP contribution in [0.5, 0.6) is 5.75 Å². The highest BCUT2D eigenvalue weighted by Gasteiger charge is 2.07. The summed E-state index contributed by atoms with van der Waals surface area (Å²) >= 11 is 0. The lowest BCUT2D eigenvalue weighted by Gasteiger charge is -2.09. The third-order valence-corrected chi connectivity index (χ3v) is 1.38. The quantitative estimate of drug-likeness (QED) is 0.550. The van der Waals surface area contributed by atoms with Gasteiger partial charge in [-0.25, -0.2) is 15.0 Å². The first-order valence-corrected chi connectivity index (χ1v) is 3.35. The summed E-state index contributed by atoms with van der Waals surface area (Å²) < 4.78 is 5.20. The van der Waals surface area contributed by atoms with Gasteiger partial charge >= 0.3 is 0 Å². The molecule has 0 amide bonds. The number of aliphatic imine (C=N–C) groups is 1. The van der Waals surface area contributed by atoms with Crippen LogP contribution in [0.3, 0.4) is 0 Å². The average Bonchev–Trinajstić information content (AvgIpc) is 2.04. The lowest BCUT2D eigenvalue weighted by Crippen LogP contribution is -2.04. The Hall–Kier alpha value is -1.45. The minimum atomic E-state index is 0.513. The lowest BCUT2D eigenvalue weighted by molar-refractivity contribution is 0.373. The molecule has 56 valence electrons. The van der Waals surface area contributed by atoms with Crippen molar-refractivity contribution in [3.8, 4) is 5.75 Å². The van der Waals surface area contributed by atoms with E-state index in [0.717, 1.165) is 0 Å². The number of ether oxygens (including phenoxy) is 1. The van der Waals surface area contributed by atoms with Crippen LogP contribution >= 0.6 is 0 Å². The van der Waals surface area contributed by atoms with E-state index in [1.165, 1.54) is 0 Å². The first-order chi connectivity index (χ1) is 5.36. The molecule has 0 atom stereocenters. The number of hydrogen-bond donors (Lipinski definition) is 0. The zero-order chi connectivity index (χ0) is 7.68. The largest absolute Gasteiger partial charge is 0.482 e. The number of fused-ring (bicyclic) bond motifs is 1. The van der Waals surface area contributed by atoms with E-state index in [2.05, 4.69) is 15.0 Å². The molecule has 0 unspecified atom stereocenters. The molecule has 0 bridgehead atoms. The van der Waals surface area contributed by atoms with Crippen molar-refractivity contribution in [3.05, 3.63) is 12.0 Å². The standard InChI is InChI=1S/C7H7N3O/c1-5-9-4-6-7(10-5)8-2-3-11-6/h2,4H,3H2,1H3. The third-order valence-electron chi connectivity index (χ3n) is 1.38. The first-order valence-electron chi connectivity index (χ1n) is 3.35. The van der Waals surface area contributed by atoms with Gasteiger partial charge in [0.05, 0.1) is 6.20 Å². The maximum atomic E-state index is 5.20. The Labute approximate surface area is 64.0 Å². The number of aromatic nitrogens is 2. The summed E-state index contributed by atoms with van der Waals surface area (Å²) in [6.07, 6.45) is 3.34. The van der Waals surface area contributed by atoms with Gasteiger partial charge in [-0.05, 0) is 6.92 Å². The van der Waals surface area contributed by atoms with Crippen molar-refractivity contribution in [1.29, 1.82) is 0 Å². The predicted molar refractivity (Wildman–Crippen MR) is 40.4 cm³/mol. The molecular formula is C7H7N3O. The summed E-state index contributed by atoms with van der Waals surface area (Å²) in [7, 11) is 0. The minimum absolute atomic E-state index is 0.513. The van der Waals surface area contributed by atoms with E-state index < -0.39 is 0 Å². The number of aryl methyl sites for hydroxylation is 1. The van der Waals surface area contributed by atoms with E-state index in [4.69, 9.17) is 4.74 Å². The van der Waals surface area contributed by atoms with Gasteiger partial charge in [-0.2, -0.15) is 0 Å². The second-order valence-electron chi connectivity index (χ2n) is 2.23. The third kappa shape index (κ3) is 1.07. The zero-order valence-electron chi connectivity index (χ0n) is 6.11. The summed E-state index contributed by atoms with van der Waals surface area (Å²) in [6.45, 7) is 2.34. The van der Waals surface area contributed by atoms with Crippen LogP contribution in [-0.4, -0.2) is 22.8 Å². The Morgan fingerprint density at radius 2 is 2.45 bits per heavy atom. The molecule has 0 aromatic carbocycles. The molecule has 0 saturated carbocycles. The summed E-state index contributed by atoms with van der Waals surface area (Å²) in [5.41, 5.74) is 0. The predicted octanol–water partition coefficient (Wildman–Crippen LogP) is 0.880. The highest BCUT2D eigenvalue weighted by atomic mass is 16.5. The number of nitrogens with zero attached hydrogens (tertiary/aromatic N) is 3. The zero-order valence-corrected chi connectivity index (χ0v) is 6.11.